The highest BCUT2D eigenvalue weighted by molar-refractivity contribution is 7.89. The van der Waals surface area contributed by atoms with E-state index in [9.17, 15) is 18.3 Å². The summed E-state index contributed by atoms with van der Waals surface area (Å²) in [5.41, 5.74) is 0. The number of carboxylic acid groups (broad SMARTS) is 1. The average molecular weight is 313 g/mol. The molecule has 3 rings (SSSR count). The molecule has 116 valence electrons. The number of hydrogen-bond acceptors (Lipinski definition) is 4. The topological polar surface area (TPSA) is 101 Å². The number of nitrogens with one attached hydrogen (secondary N) is 1. The van der Waals surface area contributed by atoms with Crippen molar-refractivity contribution in [3.8, 4) is 0 Å². The molecule has 2 fully saturated rings. The minimum Gasteiger partial charge on any atom is -0.481 e. The second kappa shape index (κ2) is 4.81. The zero-order chi connectivity index (χ0) is 15.4. The number of hydrogen-bond donors (Lipinski definition) is 2. The number of aliphatic carboxylic acids is 1. The molecule has 8 heteroatoms. The van der Waals surface area contributed by atoms with Crippen LogP contribution in [0.1, 0.15) is 25.1 Å². The first-order valence-corrected chi connectivity index (χ1v) is 8.53. The molecule has 2 saturated carbocycles. The van der Waals surface area contributed by atoms with Crippen molar-refractivity contribution in [2.75, 3.05) is 0 Å². The lowest BCUT2D eigenvalue weighted by molar-refractivity contribution is -0.144. The van der Waals surface area contributed by atoms with Gasteiger partial charge in [-0.2, -0.15) is 0 Å². The summed E-state index contributed by atoms with van der Waals surface area (Å²) in [5.74, 6) is -0.727. The lowest BCUT2D eigenvalue weighted by Gasteiger charge is -2.28. The molecule has 0 saturated heterocycles. The van der Waals surface area contributed by atoms with Gasteiger partial charge in [0, 0.05) is 19.3 Å². The molecule has 1 aromatic rings. The number of imidazole rings is 1. The van der Waals surface area contributed by atoms with Gasteiger partial charge in [-0.1, -0.05) is 0 Å². The Bertz CT molecular complexity index is 662. The van der Waals surface area contributed by atoms with Gasteiger partial charge in [0.2, 0.25) is 0 Å². The Labute approximate surface area is 123 Å². The second-order valence-corrected chi connectivity index (χ2v) is 7.74. The summed E-state index contributed by atoms with van der Waals surface area (Å²) < 4.78 is 29.1. The van der Waals surface area contributed by atoms with Crippen molar-refractivity contribution in [3.05, 3.63) is 12.0 Å². The fraction of sp³-hybridized carbons (Fsp3) is 0.692. The minimum absolute atomic E-state index is 0.0468. The second-order valence-electron chi connectivity index (χ2n) is 6.08. The first-order chi connectivity index (χ1) is 9.79. The highest BCUT2D eigenvalue weighted by atomic mass is 32.2. The van der Waals surface area contributed by atoms with Gasteiger partial charge in [0.15, 0.2) is 5.03 Å². The standard InChI is InChI=1S/C13H19N3O4S/c1-7-14-10(6-16(7)2)21(19,20)15-12-9-4-3-8(5-9)11(12)13(17)18/h6,8-9,11-12,15H,3-5H2,1-2H3,(H,17,18). The van der Waals surface area contributed by atoms with E-state index in [2.05, 4.69) is 9.71 Å². The molecule has 4 unspecified atom stereocenters. The summed E-state index contributed by atoms with van der Waals surface area (Å²) in [4.78, 5) is 15.4. The number of nitrogens with zero attached hydrogens (tertiary/aromatic N) is 2. The van der Waals surface area contributed by atoms with E-state index in [-0.39, 0.29) is 16.9 Å². The molecule has 2 N–H and O–H groups in total. The molecule has 2 aliphatic carbocycles. The van der Waals surface area contributed by atoms with E-state index >= 15 is 0 Å². The Morgan fingerprint density at radius 1 is 1.43 bits per heavy atom. The van der Waals surface area contributed by atoms with Crippen molar-refractivity contribution in [2.45, 2.75) is 37.3 Å². The summed E-state index contributed by atoms with van der Waals surface area (Å²) in [6.45, 7) is 1.72. The Balaban J connectivity index is 1.86. The van der Waals surface area contributed by atoms with Crippen molar-refractivity contribution in [3.63, 3.8) is 0 Å². The lowest BCUT2D eigenvalue weighted by atomic mass is 9.85. The van der Waals surface area contributed by atoms with E-state index in [0.717, 1.165) is 19.3 Å². The molecule has 4 atom stereocenters. The average Bonchev–Trinajstić information content (AvgIpc) is 3.05. The zero-order valence-corrected chi connectivity index (χ0v) is 12.8. The number of aryl methyl sites for hydroxylation is 2. The number of fused-ring (bicyclic) bond motifs is 2. The van der Waals surface area contributed by atoms with Crippen molar-refractivity contribution < 1.29 is 18.3 Å². The Hall–Kier alpha value is -1.41. The van der Waals surface area contributed by atoms with Gasteiger partial charge in [-0.3, -0.25) is 4.79 Å². The summed E-state index contributed by atoms with van der Waals surface area (Å²) in [5, 5.41) is 9.32. The molecule has 2 bridgehead atoms. The first kappa shape index (κ1) is 14.5. The van der Waals surface area contributed by atoms with Crippen LogP contribution in [0.15, 0.2) is 11.2 Å². The summed E-state index contributed by atoms with van der Waals surface area (Å²) >= 11 is 0. The monoisotopic (exact) mass is 313 g/mol. The maximum atomic E-state index is 12.4. The van der Waals surface area contributed by atoms with Crippen LogP contribution in [0.4, 0.5) is 0 Å². The van der Waals surface area contributed by atoms with Crippen LogP contribution < -0.4 is 4.72 Å². The number of carboxylic acids is 1. The minimum atomic E-state index is -3.78. The van der Waals surface area contributed by atoms with Gasteiger partial charge in [-0.25, -0.2) is 18.1 Å². The summed E-state index contributed by atoms with van der Waals surface area (Å²) in [6, 6.07) is -0.520. The zero-order valence-electron chi connectivity index (χ0n) is 12.0. The van der Waals surface area contributed by atoms with E-state index in [1.165, 1.54) is 6.20 Å². The highest BCUT2D eigenvalue weighted by Crippen LogP contribution is 2.48. The predicted octanol–water partition coefficient (Wildman–Crippen LogP) is 0.506. The third-order valence-electron chi connectivity index (χ3n) is 4.85. The fourth-order valence-electron chi connectivity index (χ4n) is 3.71. The van der Waals surface area contributed by atoms with Crippen LogP contribution >= 0.6 is 0 Å². The van der Waals surface area contributed by atoms with E-state index in [4.69, 9.17) is 0 Å². The van der Waals surface area contributed by atoms with Gasteiger partial charge < -0.3 is 9.67 Å². The summed E-state index contributed by atoms with van der Waals surface area (Å²) in [7, 11) is -2.06. The van der Waals surface area contributed by atoms with Crippen LogP contribution in [-0.2, 0) is 21.9 Å². The summed E-state index contributed by atoms with van der Waals surface area (Å²) in [6.07, 6.45) is 4.01. The number of rotatable bonds is 4. The van der Waals surface area contributed by atoms with Gasteiger partial charge in [-0.15, -0.1) is 0 Å². The lowest BCUT2D eigenvalue weighted by Crippen LogP contribution is -2.46. The van der Waals surface area contributed by atoms with Crippen molar-refractivity contribution in [1.29, 1.82) is 0 Å². The maximum absolute atomic E-state index is 12.4. The number of aromatic nitrogens is 2. The van der Waals surface area contributed by atoms with Crippen LogP contribution in [0.3, 0.4) is 0 Å². The maximum Gasteiger partial charge on any atom is 0.308 e. The molecule has 0 amide bonds. The molecule has 0 spiro atoms. The Morgan fingerprint density at radius 2 is 2.10 bits per heavy atom. The molecule has 0 aromatic carbocycles. The molecule has 1 aromatic heterocycles. The highest BCUT2D eigenvalue weighted by Gasteiger charge is 2.52. The Morgan fingerprint density at radius 3 is 2.67 bits per heavy atom. The molecule has 2 aliphatic rings. The van der Waals surface area contributed by atoms with Crippen LogP contribution in [-0.4, -0.2) is 35.1 Å². The van der Waals surface area contributed by atoms with Crippen LogP contribution in [0.25, 0.3) is 0 Å². The van der Waals surface area contributed by atoms with Crippen LogP contribution in [0.5, 0.6) is 0 Å². The van der Waals surface area contributed by atoms with Gasteiger partial charge in [-0.05, 0) is 38.0 Å². The molecule has 7 nitrogen and oxygen atoms in total. The molecule has 1 heterocycles. The van der Waals surface area contributed by atoms with Gasteiger partial charge >= 0.3 is 5.97 Å². The van der Waals surface area contributed by atoms with Gasteiger partial charge in [0.05, 0.1) is 5.92 Å². The number of sulfonamides is 1. The van der Waals surface area contributed by atoms with Crippen LogP contribution in [0, 0.1) is 24.7 Å². The van der Waals surface area contributed by atoms with Gasteiger partial charge in [0.25, 0.3) is 10.0 Å². The number of carbonyl (C=O) groups is 1. The fourth-order valence-corrected chi connectivity index (χ4v) is 5.08. The van der Waals surface area contributed by atoms with E-state index in [1.807, 2.05) is 0 Å². The normalized spacial score (nSPS) is 31.7. The van der Waals surface area contributed by atoms with Crippen LogP contribution in [0.2, 0.25) is 0 Å². The van der Waals surface area contributed by atoms with Gasteiger partial charge in [0.1, 0.15) is 5.82 Å². The Kier molecular flexibility index (Phi) is 3.32. The van der Waals surface area contributed by atoms with Crippen molar-refractivity contribution >= 4 is 16.0 Å². The molecule has 0 aliphatic heterocycles. The third-order valence-corrected chi connectivity index (χ3v) is 6.18. The quantitative estimate of drug-likeness (QED) is 0.843. The molecule has 0 radical (unpaired) electrons. The van der Waals surface area contributed by atoms with E-state index in [1.54, 1.807) is 18.5 Å². The SMILES string of the molecule is Cc1nc(S(=O)(=O)NC2C3CCC(C3)C2C(=O)O)cn1C. The van der Waals surface area contributed by atoms with Crippen molar-refractivity contribution in [1.82, 2.24) is 14.3 Å². The van der Waals surface area contributed by atoms with E-state index < -0.39 is 28.0 Å². The molecular weight excluding hydrogens is 294 g/mol. The largest absolute Gasteiger partial charge is 0.481 e. The molecule has 21 heavy (non-hydrogen) atoms. The predicted molar refractivity (Wildman–Crippen MR) is 74.0 cm³/mol. The van der Waals surface area contributed by atoms with E-state index in [0.29, 0.717) is 5.82 Å². The third kappa shape index (κ3) is 2.36. The smallest absolute Gasteiger partial charge is 0.308 e. The molecular formula is C13H19N3O4S. The van der Waals surface area contributed by atoms with Crippen molar-refractivity contribution in [2.24, 2.45) is 24.8 Å². The first-order valence-electron chi connectivity index (χ1n) is 7.04.